The second kappa shape index (κ2) is 4.65. The third kappa shape index (κ3) is 2.60. The van der Waals surface area contributed by atoms with Crippen molar-refractivity contribution in [3.63, 3.8) is 0 Å². The molecule has 0 fully saturated rings. The van der Waals surface area contributed by atoms with Gasteiger partial charge in [0.2, 0.25) is 0 Å². The Bertz CT molecular complexity index is 633. The van der Waals surface area contributed by atoms with Gasteiger partial charge in [-0.3, -0.25) is 9.78 Å². The summed E-state index contributed by atoms with van der Waals surface area (Å²) in [6.45, 7) is 0.168. The molecule has 0 unspecified atom stereocenters. The molecule has 0 aliphatic rings. The molecule has 0 aliphatic heterocycles. The number of halogens is 1. The maximum atomic E-state index is 13.3. The van der Waals surface area contributed by atoms with Gasteiger partial charge in [0.15, 0.2) is 0 Å². The van der Waals surface area contributed by atoms with E-state index in [9.17, 15) is 14.0 Å². The molecular weight excluding hydrogens is 225 g/mol. The van der Waals surface area contributed by atoms with E-state index in [1.165, 1.54) is 12.3 Å². The number of anilines is 1. The van der Waals surface area contributed by atoms with E-state index in [1.807, 2.05) is 0 Å². The number of nitrogens with one attached hydrogen (secondary N) is 3. The van der Waals surface area contributed by atoms with Gasteiger partial charge in [0, 0.05) is 18.3 Å². The molecule has 17 heavy (non-hydrogen) atoms. The lowest BCUT2D eigenvalue weighted by Gasteiger charge is -2.05. The second-order valence-corrected chi connectivity index (χ2v) is 3.43. The van der Waals surface area contributed by atoms with Gasteiger partial charge in [-0.15, -0.1) is 0 Å². The smallest absolute Gasteiger partial charge is 0.325 e. The van der Waals surface area contributed by atoms with Crippen molar-refractivity contribution in [2.45, 2.75) is 6.54 Å². The minimum Gasteiger partial charge on any atom is -0.375 e. The highest BCUT2D eigenvalue weighted by atomic mass is 19.1. The molecule has 1 heterocycles. The molecule has 0 atom stereocenters. The second-order valence-electron chi connectivity index (χ2n) is 3.43. The summed E-state index contributed by atoms with van der Waals surface area (Å²) in [5.74, 6) is -0.346. The first-order chi connectivity index (χ1) is 8.16. The Hall–Kier alpha value is -2.37. The Kier molecular flexibility index (Phi) is 3.04. The summed E-state index contributed by atoms with van der Waals surface area (Å²) >= 11 is 0. The van der Waals surface area contributed by atoms with Crippen molar-refractivity contribution in [1.82, 2.24) is 9.97 Å². The molecule has 2 aromatic rings. The predicted octanol–water partition coefficient (Wildman–Crippen LogP) is 0.814. The molecule has 6 heteroatoms. The minimum absolute atomic E-state index is 0.168. The number of aromatic nitrogens is 2. The monoisotopic (exact) mass is 235 g/mol. The van der Waals surface area contributed by atoms with E-state index in [0.717, 1.165) is 0 Å². The molecule has 3 N–H and O–H groups in total. The van der Waals surface area contributed by atoms with Crippen LogP contribution in [0.2, 0.25) is 0 Å². The number of aromatic amines is 2. The van der Waals surface area contributed by atoms with E-state index in [4.69, 9.17) is 0 Å². The Morgan fingerprint density at radius 1 is 1.24 bits per heavy atom. The van der Waals surface area contributed by atoms with Crippen LogP contribution in [-0.4, -0.2) is 9.97 Å². The van der Waals surface area contributed by atoms with Crippen molar-refractivity contribution in [1.29, 1.82) is 0 Å². The number of hydrogen-bond donors (Lipinski definition) is 3. The maximum Gasteiger partial charge on any atom is 0.325 e. The molecule has 0 radical (unpaired) electrons. The van der Waals surface area contributed by atoms with Crippen LogP contribution >= 0.6 is 0 Å². The summed E-state index contributed by atoms with van der Waals surface area (Å²) in [6.07, 6.45) is 1.25. The number of benzene rings is 1. The van der Waals surface area contributed by atoms with Crippen LogP contribution in [0.3, 0.4) is 0 Å². The average Bonchev–Trinajstić information content (AvgIpc) is 2.30. The standard InChI is InChI=1S/C11H10FN3O2/c12-8-4-2-1-3-7(8)5-13-9-6-14-11(17)15-10(9)16/h1-4,6,13H,5H2,(H2,14,15,16,17). The van der Waals surface area contributed by atoms with E-state index in [-0.39, 0.29) is 18.0 Å². The molecule has 88 valence electrons. The summed E-state index contributed by atoms with van der Waals surface area (Å²) in [5, 5.41) is 2.74. The predicted molar refractivity (Wildman–Crippen MR) is 61.4 cm³/mol. The lowest BCUT2D eigenvalue weighted by atomic mass is 10.2. The van der Waals surface area contributed by atoms with E-state index in [0.29, 0.717) is 5.56 Å². The Labute approximate surface area is 95.3 Å². The fourth-order valence-electron chi connectivity index (χ4n) is 1.37. The zero-order valence-electron chi connectivity index (χ0n) is 8.79. The normalized spacial score (nSPS) is 10.2. The fourth-order valence-corrected chi connectivity index (χ4v) is 1.37. The third-order valence-electron chi connectivity index (χ3n) is 2.25. The highest BCUT2D eigenvalue weighted by Gasteiger charge is 2.02. The summed E-state index contributed by atoms with van der Waals surface area (Å²) in [7, 11) is 0. The molecule has 5 nitrogen and oxygen atoms in total. The summed E-state index contributed by atoms with van der Waals surface area (Å²) in [6, 6.07) is 6.25. The van der Waals surface area contributed by atoms with Crippen LogP contribution in [0.4, 0.5) is 10.1 Å². The van der Waals surface area contributed by atoms with E-state index in [1.54, 1.807) is 18.2 Å². The molecule has 0 bridgehead atoms. The van der Waals surface area contributed by atoms with Gasteiger partial charge in [0.05, 0.1) is 0 Å². The van der Waals surface area contributed by atoms with Crippen LogP contribution < -0.4 is 16.6 Å². The molecule has 1 aromatic carbocycles. The van der Waals surface area contributed by atoms with Gasteiger partial charge in [-0.2, -0.15) is 0 Å². The molecule has 0 saturated carbocycles. The quantitative estimate of drug-likeness (QED) is 0.736. The van der Waals surface area contributed by atoms with Gasteiger partial charge >= 0.3 is 5.69 Å². The Balaban J connectivity index is 2.16. The highest BCUT2D eigenvalue weighted by Crippen LogP contribution is 2.07. The average molecular weight is 235 g/mol. The van der Waals surface area contributed by atoms with Gasteiger partial charge < -0.3 is 10.3 Å². The van der Waals surface area contributed by atoms with Crippen molar-refractivity contribution in [2.24, 2.45) is 0 Å². The van der Waals surface area contributed by atoms with Crippen molar-refractivity contribution >= 4 is 5.69 Å². The summed E-state index contributed by atoms with van der Waals surface area (Å²) in [5.41, 5.74) is -0.484. The summed E-state index contributed by atoms with van der Waals surface area (Å²) in [4.78, 5) is 26.5. The highest BCUT2D eigenvalue weighted by molar-refractivity contribution is 5.38. The molecule has 0 saturated heterocycles. The van der Waals surface area contributed by atoms with Crippen LogP contribution in [0, 0.1) is 5.82 Å². The van der Waals surface area contributed by atoms with Crippen molar-refractivity contribution < 1.29 is 4.39 Å². The van der Waals surface area contributed by atoms with E-state index >= 15 is 0 Å². The molecule has 0 aliphatic carbocycles. The molecule has 0 spiro atoms. The van der Waals surface area contributed by atoms with Gasteiger partial charge in [-0.05, 0) is 6.07 Å². The van der Waals surface area contributed by atoms with Gasteiger partial charge in [0.25, 0.3) is 5.56 Å². The largest absolute Gasteiger partial charge is 0.375 e. The molecule has 0 amide bonds. The SMILES string of the molecule is O=c1[nH]cc(NCc2ccccc2F)c(=O)[nH]1. The van der Waals surface area contributed by atoms with Crippen LogP contribution in [0.15, 0.2) is 40.1 Å². The maximum absolute atomic E-state index is 13.3. The van der Waals surface area contributed by atoms with Gasteiger partial charge in [0.1, 0.15) is 11.5 Å². The molecule has 1 aromatic heterocycles. The number of H-pyrrole nitrogens is 2. The lowest BCUT2D eigenvalue weighted by molar-refractivity contribution is 0.613. The van der Waals surface area contributed by atoms with E-state index < -0.39 is 11.2 Å². The Morgan fingerprint density at radius 3 is 2.71 bits per heavy atom. The van der Waals surface area contributed by atoms with Crippen molar-refractivity contribution in [3.05, 3.63) is 62.7 Å². The zero-order valence-corrected chi connectivity index (χ0v) is 8.79. The molecular formula is C11H10FN3O2. The minimum atomic E-state index is -0.577. The first-order valence-corrected chi connectivity index (χ1v) is 4.96. The van der Waals surface area contributed by atoms with Crippen molar-refractivity contribution in [3.8, 4) is 0 Å². The Morgan fingerprint density at radius 2 is 2.00 bits per heavy atom. The van der Waals surface area contributed by atoms with Crippen LogP contribution in [0.5, 0.6) is 0 Å². The number of rotatable bonds is 3. The van der Waals surface area contributed by atoms with Crippen molar-refractivity contribution in [2.75, 3.05) is 5.32 Å². The summed E-state index contributed by atoms with van der Waals surface area (Å²) < 4.78 is 13.3. The van der Waals surface area contributed by atoms with Crippen LogP contribution in [0.25, 0.3) is 0 Å². The number of hydrogen-bond acceptors (Lipinski definition) is 3. The topological polar surface area (TPSA) is 77.8 Å². The first-order valence-electron chi connectivity index (χ1n) is 4.96. The van der Waals surface area contributed by atoms with Gasteiger partial charge in [-0.1, -0.05) is 18.2 Å². The van der Waals surface area contributed by atoms with Crippen LogP contribution in [0.1, 0.15) is 5.56 Å². The van der Waals surface area contributed by atoms with Gasteiger partial charge in [-0.25, -0.2) is 9.18 Å². The van der Waals surface area contributed by atoms with E-state index in [2.05, 4.69) is 15.3 Å². The fraction of sp³-hybridized carbons (Fsp3) is 0.0909. The molecule has 2 rings (SSSR count). The zero-order chi connectivity index (χ0) is 12.3. The first kappa shape index (κ1) is 11.1. The third-order valence-corrected chi connectivity index (χ3v) is 2.25. The lowest BCUT2D eigenvalue weighted by Crippen LogP contribution is -2.24. The van der Waals surface area contributed by atoms with Crippen LogP contribution in [-0.2, 0) is 6.54 Å².